The molecular formula is C23H20ClN3O4S. The van der Waals surface area contributed by atoms with Crippen molar-refractivity contribution in [3.63, 3.8) is 0 Å². The van der Waals surface area contributed by atoms with E-state index in [4.69, 9.17) is 16.3 Å². The fourth-order valence-corrected chi connectivity index (χ4v) is 4.63. The Kier molecular flexibility index (Phi) is 6.25. The van der Waals surface area contributed by atoms with Crippen molar-refractivity contribution in [1.29, 1.82) is 0 Å². The van der Waals surface area contributed by atoms with Crippen LogP contribution in [0.15, 0.2) is 47.8 Å². The lowest BCUT2D eigenvalue weighted by Crippen LogP contribution is -2.50. The first kappa shape index (κ1) is 22.0. The SMILES string of the molecule is CCOC(=O)c1ccc2c(c1)NC(=O)C(C)N2C(=O)Cc1csc(-c2ccccc2Cl)n1. The molecule has 9 heteroatoms. The molecule has 1 aromatic heterocycles. The number of hydrogen-bond acceptors (Lipinski definition) is 6. The number of anilines is 2. The van der Waals surface area contributed by atoms with Crippen LogP contribution in [0.25, 0.3) is 10.6 Å². The van der Waals surface area contributed by atoms with E-state index in [2.05, 4.69) is 10.3 Å². The molecule has 0 bridgehead atoms. The molecule has 0 spiro atoms. The van der Waals surface area contributed by atoms with Crippen LogP contribution < -0.4 is 10.2 Å². The third-order valence-electron chi connectivity index (χ3n) is 5.05. The Morgan fingerprint density at radius 2 is 2.03 bits per heavy atom. The minimum absolute atomic E-state index is 0.0254. The maximum Gasteiger partial charge on any atom is 0.338 e. The van der Waals surface area contributed by atoms with E-state index in [0.29, 0.717) is 27.7 Å². The first-order valence-electron chi connectivity index (χ1n) is 10.0. The number of carbonyl (C=O) groups excluding carboxylic acids is 3. The average molecular weight is 470 g/mol. The topological polar surface area (TPSA) is 88.6 Å². The quantitative estimate of drug-likeness (QED) is 0.553. The summed E-state index contributed by atoms with van der Waals surface area (Å²) in [7, 11) is 0. The van der Waals surface area contributed by atoms with Crippen LogP contribution >= 0.6 is 22.9 Å². The van der Waals surface area contributed by atoms with Gasteiger partial charge < -0.3 is 10.1 Å². The summed E-state index contributed by atoms with van der Waals surface area (Å²) in [5.74, 6) is -1.09. The second-order valence-corrected chi connectivity index (χ2v) is 8.45. The third kappa shape index (κ3) is 4.24. The largest absolute Gasteiger partial charge is 0.462 e. The van der Waals surface area contributed by atoms with Crippen LogP contribution in [0.5, 0.6) is 0 Å². The van der Waals surface area contributed by atoms with E-state index in [1.165, 1.54) is 22.3 Å². The van der Waals surface area contributed by atoms with Crippen LogP contribution in [-0.4, -0.2) is 35.4 Å². The number of hydrogen-bond donors (Lipinski definition) is 1. The van der Waals surface area contributed by atoms with E-state index in [1.807, 2.05) is 23.6 Å². The molecule has 7 nitrogen and oxygen atoms in total. The normalized spacial score (nSPS) is 15.2. The Morgan fingerprint density at radius 1 is 1.25 bits per heavy atom. The van der Waals surface area contributed by atoms with Crippen LogP contribution in [0.4, 0.5) is 11.4 Å². The van der Waals surface area contributed by atoms with E-state index >= 15 is 0 Å². The number of nitrogens with zero attached hydrogens (tertiary/aromatic N) is 2. The van der Waals surface area contributed by atoms with Crippen LogP contribution in [0.3, 0.4) is 0 Å². The number of thiazole rings is 1. The maximum absolute atomic E-state index is 13.2. The highest BCUT2D eigenvalue weighted by Gasteiger charge is 2.34. The first-order valence-corrected chi connectivity index (χ1v) is 11.3. The standard InChI is InChI=1S/C23H20ClN3O4S/c1-3-31-23(30)14-8-9-19-18(10-14)26-21(29)13(2)27(19)20(28)11-15-12-32-22(25-15)16-6-4-5-7-17(16)24/h4-10,12-13H,3,11H2,1-2H3,(H,26,29). The van der Waals surface area contributed by atoms with Crippen molar-refractivity contribution in [3.05, 3.63) is 64.1 Å². The summed E-state index contributed by atoms with van der Waals surface area (Å²) >= 11 is 7.66. The van der Waals surface area contributed by atoms with E-state index < -0.39 is 12.0 Å². The molecule has 164 valence electrons. The molecule has 0 saturated heterocycles. The molecule has 0 fully saturated rings. The number of rotatable bonds is 5. The van der Waals surface area contributed by atoms with Gasteiger partial charge in [-0.1, -0.05) is 29.8 Å². The fraction of sp³-hybridized carbons (Fsp3) is 0.217. The van der Waals surface area contributed by atoms with Gasteiger partial charge in [0.05, 0.1) is 40.7 Å². The summed E-state index contributed by atoms with van der Waals surface area (Å²) in [4.78, 5) is 43.8. The van der Waals surface area contributed by atoms with Crippen LogP contribution in [0, 0.1) is 0 Å². The molecule has 4 rings (SSSR count). The predicted octanol–water partition coefficient (Wildman–Crippen LogP) is 4.56. The number of esters is 1. The molecule has 2 aromatic carbocycles. The molecule has 2 heterocycles. The van der Waals surface area contributed by atoms with Gasteiger partial charge in [0.25, 0.3) is 0 Å². The van der Waals surface area contributed by atoms with Crippen molar-refractivity contribution in [2.75, 3.05) is 16.8 Å². The number of halogens is 1. The Balaban J connectivity index is 1.60. The number of benzene rings is 2. The lowest BCUT2D eigenvalue weighted by Gasteiger charge is -2.34. The number of fused-ring (bicyclic) bond motifs is 1. The van der Waals surface area contributed by atoms with Crippen molar-refractivity contribution >= 4 is 52.1 Å². The second-order valence-electron chi connectivity index (χ2n) is 7.18. The van der Waals surface area contributed by atoms with E-state index in [-0.39, 0.29) is 24.8 Å². The maximum atomic E-state index is 13.2. The summed E-state index contributed by atoms with van der Waals surface area (Å²) < 4.78 is 5.02. The van der Waals surface area contributed by atoms with Gasteiger partial charge in [0.15, 0.2) is 0 Å². The molecular weight excluding hydrogens is 450 g/mol. The number of aromatic nitrogens is 1. The lowest BCUT2D eigenvalue weighted by molar-refractivity contribution is -0.123. The highest BCUT2D eigenvalue weighted by atomic mass is 35.5. The van der Waals surface area contributed by atoms with Crippen LogP contribution in [-0.2, 0) is 20.7 Å². The van der Waals surface area contributed by atoms with Gasteiger partial charge in [-0.05, 0) is 38.1 Å². The highest BCUT2D eigenvalue weighted by Crippen LogP contribution is 2.34. The molecule has 0 aliphatic carbocycles. The first-order chi connectivity index (χ1) is 15.4. The van der Waals surface area contributed by atoms with Gasteiger partial charge in [0.2, 0.25) is 11.8 Å². The second kappa shape index (κ2) is 9.10. The number of carbonyl (C=O) groups is 3. The highest BCUT2D eigenvalue weighted by molar-refractivity contribution is 7.13. The Morgan fingerprint density at radius 3 is 2.78 bits per heavy atom. The van der Waals surface area contributed by atoms with Crippen molar-refractivity contribution < 1.29 is 19.1 Å². The number of ether oxygens (including phenoxy) is 1. The third-order valence-corrected chi connectivity index (χ3v) is 6.30. The summed E-state index contributed by atoms with van der Waals surface area (Å²) in [6, 6.07) is 11.4. The van der Waals surface area contributed by atoms with Gasteiger partial charge in [-0.25, -0.2) is 9.78 Å². The number of nitrogens with one attached hydrogen (secondary N) is 1. The van der Waals surface area contributed by atoms with E-state index in [9.17, 15) is 14.4 Å². The molecule has 3 aromatic rings. The van der Waals surface area contributed by atoms with Crippen LogP contribution in [0.2, 0.25) is 5.02 Å². The molecule has 1 atom stereocenters. The van der Waals surface area contributed by atoms with E-state index in [0.717, 1.165) is 10.6 Å². The van der Waals surface area contributed by atoms with Crippen molar-refractivity contribution in [2.24, 2.45) is 0 Å². The van der Waals surface area contributed by atoms with Crippen LogP contribution in [0.1, 0.15) is 29.9 Å². The van der Waals surface area contributed by atoms with E-state index in [1.54, 1.807) is 32.0 Å². The zero-order chi connectivity index (χ0) is 22.8. The average Bonchev–Trinajstić information content (AvgIpc) is 3.22. The van der Waals surface area contributed by atoms with Gasteiger partial charge in [0.1, 0.15) is 11.0 Å². The summed E-state index contributed by atoms with van der Waals surface area (Å²) in [6.07, 6.45) is 0.0254. The van der Waals surface area contributed by atoms with Crippen molar-refractivity contribution in [2.45, 2.75) is 26.3 Å². The molecule has 1 aliphatic rings. The molecule has 1 unspecified atom stereocenters. The summed E-state index contributed by atoms with van der Waals surface area (Å²) in [6.45, 7) is 3.62. The molecule has 0 saturated carbocycles. The minimum Gasteiger partial charge on any atom is -0.462 e. The summed E-state index contributed by atoms with van der Waals surface area (Å²) in [5.41, 5.74) is 2.62. The Labute approximate surface area is 194 Å². The zero-order valence-corrected chi connectivity index (χ0v) is 19.0. The van der Waals surface area contributed by atoms with Gasteiger partial charge in [-0.2, -0.15) is 0 Å². The monoisotopic (exact) mass is 469 g/mol. The minimum atomic E-state index is -0.704. The molecule has 1 N–H and O–H groups in total. The van der Waals surface area contributed by atoms with Gasteiger partial charge in [0, 0.05) is 10.9 Å². The summed E-state index contributed by atoms with van der Waals surface area (Å²) in [5, 5.41) is 5.89. The van der Waals surface area contributed by atoms with Crippen molar-refractivity contribution in [3.8, 4) is 10.6 Å². The Bertz CT molecular complexity index is 1210. The molecule has 32 heavy (non-hydrogen) atoms. The van der Waals surface area contributed by atoms with Crippen molar-refractivity contribution in [1.82, 2.24) is 4.98 Å². The molecule has 2 amide bonds. The molecule has 1 aliphatic heterocycles. The predicted molar refractivity (Wildman–Crippen MR) is 124 cm³/mol. The smallest absolute Gasteiger partial charge is 0.338 e. The lowest BCUT2D eigenvalue weighted by atomic mass is 10.1. The van der Waals surface area contributed by atoms with Gasteiger partial charge >= 0.3 is 5.97 Å². The van der Waals surface area contributed by atoms with Gasteiger partial charge in [-0.15, -0.1) is 11.3 Å². The molecule has 0 radical (unpaired) electrons. The Hall–Kier alpha value is -3.23. The fourth-order valence-electron chi connectivity index (χ4n) is 3.49. The zero-order valence-electron chi connectivity index (χ0n) is 17.4. The number of amides is 2. The van der Waals surface area contributed by atoms with Gasteiger partial charge in [-0.3, -0.25) is 14.5 Å².